The van der Waals surface area contributed by atoms with Crippen molar-refractivity contribution in [3.63, 3.8) is 0 Å². The molecule has 7 nitrogen and oxygen atoms in total. The van der Waals surface area contributed by atoms with Crippen LogP contribution in [0.15, 0.2) is 0 Å². The molecule has 3 amide bonds. The van der Waals surface area contributed by atoms with E-state index in [1.54, 1.807) is 16.7 Å². The van der Waals surface area contributed by atoms with Crippen LogP contribution < -0.4 is 11.1 Å². The summed E-state index contributed by atoms with van der Waals surface area (Å²) in [7, 11) is 0. The summed E-state index contributed by atoms with van der Waals surface area (Å²) >= 11 is 0. The van der Waals surface area contributed by atoms with Crippen LogP contribution in [0.3, 0.4) is 0 Å². The van der Waals surface area contributed by atoms with Gasteiger partial charge in [0.2, 0.25) is 17.7 Å². The van der Waals surface area contributed by atoms with E-state index in [0.29, 0.717) is 45.6 Å². The Morgan fingerprint density at radius 1 is 1.08 bits per heavy atom. The molecule has 3 N–H and O–H groups in total. The molecule has 0 radical (unpaired) electrons. The first-order chi connectivity index (χ1) is 11.0. The van der Waals surface area contributed by atoms with Gasteiger partial charge in [0.15, 0.2) is 0 Å². The van der Waals surface area contributed by atoms with Crippen LogP contribution in [-0.4, -0.2) is 66.3 Å². The molecule has 2 atom stereocenters. The quantitative estimate of drug-likeness (QED) is 0.728. The van der Waals surface area contributed by atoms with Crippen LogP contribution >= 0.6 is 12.4 Å². The second-order valence-corrected chi connectivity index (χ2v) is 6.55. The molecule has 0 unspecified atom stereocenters. The predicted molar refractivity (Wildman–Crippen MR) is 93.6 cm³/mol. The minimum Gasteiger partial charge on any atom is -0.356 e. The molecule has 0 bridgehead atoms. The highest BCUT2D eigenvalue weighted by molar-refractivity contribution is 5.85. The van der Waals surface area contributed by atoms with E-state index in [-0.39, 0.29) is 42.1 Å². The molecule has 2 aliphatic rings. The van der Waals surface area contributed by atoms with Gasteiger partial charge in [0.25, 0.3) is 0 Å². The fourth-order valence-corrected chi connectivity index (χ4v) is 3.37. The Labute approximate surface area is 149 Å². The first kappa shape index (κ1) is 20.7. The second-order valence-electron chi connectivity index (χ2n) is 6.55. The van der Waals surface area contributed by atoms with Crippen molar-refractivity contribution in [3.8, 4) is 0 Å². The monoisotopic (exact) mass is 360 g/mol. The normalized spacial score (nSPS) is 23.6. The number of rotatable bonds is 5. The molecule has 1 saturated carbocycles. The van der Waals surface area contributed by atoms with Gasteiger partial charge in [-0.15, -0.1) is 12.4 Å². The Morgan fingerprint density at radius 3 is 2.25 bits per heavy atom. The van der Waals surface area contributed by atoms with Crippen molar-refractivity contribution < 1.29 is 14.4 Å². The van der Waals surface area contributed by atoms with Crippen LogP contribution in [0.1, 0.15) is 39.0 Å². The van der Waals surface area contributed by atoms with Crippen molar-refractivity contribution in [3.05, 3.63) is 0 Å². The van der Waals surface area contributed by atoms with Gasteiger partial charge in [-0.25, -0.2) is 0 Å². The molecule has 0 aromatic rings. The Hall–Kier alpha value is -1.34. The zero-order valence-electron chi connectivity index (χ0n) is 14.3. The van der Waals surface area contributed by atoms with Gasteiger partial charge in [-0.1, -0.05) is 6.42 Å². The summed E-state index contributed by atoms with van der Waals surface area (Å²) in [5, 5.41) is 2.82. The molecule has 8 heteroatoms. The summed E-state index contributed by atoms with van der Waals surface area (Å²) in [5.41, 5.74) is 5.97. The summed E-state index contributed by atoms with van der Waals surface area (Å²) in [6.07, 6.45) is 3.90. The average Bonchev–Trinajstić information content (AvgIpc) is 2.92. The van der Waals surface area contributed by atoms with E-state index < -0.39 is 0 Å². The van der Waals surface area contributed by atoms with E-state index in [9.17, 15) is 14.4 Å². The molecule has 138 valence electrons. The van der Waals surface area contributed by atoms with Crippen molar-refractivity contribution in [1.29, 1.82) is 0 Å². The van der Waals surface area contributed by atoms with Crippen LogP contribution in [0, 0.1) is 5.92 Å². The van der Waals surface area contributed by atoms with Gasteiger partial charge >= 0.3 is 0 Å². The van der Waals surface area contributed by atoms with Crippen LogP contribution in [-0.2, 0) is 14.4 Å². The fraction of sp³-hybridized carbons (Fsp3) is 0.812. The van der Waals surface area contributed by atoms with Crippen LogP contribution in [0.2, 0.25) is 0 Å². The first-order valence-corrected chi connectivity index (χ1v) is 8.53. The Morgan fingerprint density at radius 2 is 1.71 bits per heavy atom. The van der Waals surface area contributed by atoms with Crippen molar-refractivity contribution in [1.82, 2.24) is 15.1 Å². The third kappa shape index (κ3) is 5.94. The summed E-state index contributed by atoms with van der Waals surface area (Å²) < 4.78 is 0. The molecule has 1 aliphatic carbocycles. The number of carbonyl (C=O) groups excluding carboxylic acids is 3. The summed E-state index contributed by atoms with van der Waals surface area (Å²) in [6, 6.07) is 0.139. The third-order valence-corrected chi connectivity index (χ3v) is 4.90. The maximum atomic E-state index is 12.1. The highest BCUT2D eigenvalue weighted by Crippen LogP contribution is 2.26. The lowest BCUT2D eigenvalue weighted by molar-refractivity contribution is -0.138. The standard InChI is InChI=1S/C16H28N4O3.ClH/c1-12(21)19-7-9-20(10-8-19)16(23)5-6-18-15(22)11-13-3-2-4-14(13)17;/h13-14H,2-11,17H2,1H3,(H,18,22);1H/t13-,14+;/m0./s1. The SMILES string of the molecule is CC(=O)N1CCN(C(=O)CCNC(=O)C[C@@H]2CCC[C@H]2N)CC1.Cl. The molecular formula is C16H29ClN4O3. The molecule has 2 fully saturated rings. The smallest absolute Gasteiger partial charge is 0.224 e. The van der Waals surface area contributed by atoms with Gasteiger partial charge < -0.3 is 20.9 Å². The van der Waals surface area contributed by atoms with E-state index in [2.05, 4.69) is 5.32 Å². The molecule has 0 aromatic heterocycles. The molecule has 1 saturated heterocycles. The van der Waals surface area contributed by atoms with E-state index in [4.69, 9.17) is 5.73 Å². The highest BCUT2D eigenvalue weighted by Gasteiger charge is 2.26. The van der Waals surface area contributed by atoms with Crippen LogP contribution in [0.5, 0.6) is 0 Å². The number of nitrogens with zero attached hydrogens (tertiary/aromatic N) is 2. The molecule has 0 aromatic carbocycles. The first-order valence-electron chi connectivity index (χ1n) is 8.53. The van der Waals surface area contributed by atoms with Gasteiger partial charge in [0.05, 0.1) is 0 Å². The van der Waals surface area contributed by atoms with Crippen molar-refractivity contribution in [2.24, 2.45) is 11.7 Å². The van der Waals surface area contributed by atoms with Crippen molar-refractivity contribution in [2.75, 3.05) is 32.7 Å². The van der Waals surface area contributed by atoms with Crippen molar-refractivity contribution in [2.45, 2.75) is 45.1 Å². The van der Waals surface area contributed by atoms with E-state index >= 15 is 0 Å². The van der Waals surface area contributed by atoms with Gasteiger partial charge in [0.1, 0.15) is 0 Å². The van der Waals surface area contributed by atoms with Gasteiger partial charge in [-0.3, -0.25) is 14.4 Å². The number of hydrogen-bond acceptors (Lipinski definition) is 4. The lowest BCUT2D eigenvalue weighted by Gasteiger charge is -2.34. The van der Waals surface area contributed by atoms with Crippen molar-refractivity contribution >= 4 is 30.1 Å². The summed E-state index contributed by atoms with van der Waals surface area (Å²) in [5.74, 6) is 0.354. The minimum absolute atomic E-state index is 0. The second kappa shape index (κ2) is 9.84. The molecule has 1 aliphatic heterocycles. The molecule has 1 heterocycles. The number of nitrogens with one attached hydrogen (secondary N) is 1. The van der Waals surface area contributed by atoms with Gasteiger partial charge in [-0.2, -0.15) is 0 Å². The molecule has 0 spiro atoms. The average molecular weight is 361 g/mol. The number of piperazine rings is 1. The lowest BCUT2D eigenvalue weighted by Crippen LogP contribution is -2.50. The minimum atomic E-state index is -0.0125. The Balaban J connectivity index is 0.00000288. The third-order valence-electron chi connectivity index (χ3n) is 4.90. The van der Waals surface area contributed by atoms with Gasteiger partial charge in [-0.05, 0) is 18.8 Å². The largest absolute Gasteiger partial charge is 0.356 e. The van der Waals surface area contributed by atoms with Gasteiger partial charge in [0, 0.05) is 58.5 Å². The predicted octanol–water partition coefficient (Wildman–Crippen LogP) is 0.123. The zero-order valence-corrected chi connectivity index (χ0v) is 15.1. The topological polar surface area (TPSA) is 95.7 Å². The number of halogens is 1. The molecule has 2 rings (SSSR count). The molecular weight excluding hydrogens is 332 g/mol. The Kier molecular flexibility index (Phi) is 8.48. The molecule has 24 heavy (non-hydrogen) atoms. The number of hydrogen-bond donors (Lipinski definition) is 2. The summed E-state index contributed by atoms with van der Waals surface area (Å²) in [6.45, 7) is 4.24. The lowest BCUT2D eigenvalue weighted by atomic mass is 10.00. The van der Waals surface area contributed by atoms with Crippen LogP contribution in [0.4, 0.5) is 0 Å². The van der Waals surface area contributed by atoms with E-state index in [0.717, 1.165) is 19.3 Å². The number of carbonyl (C=O) groups is 3. The number of amides is 3. The fourth-order valence-electron chi connectivity index (χ4n) is 3.37. The Bertz CT molecular complexity index is 453. The summed E-state index contributed by atoms with van der Waals surface area (Å²) in [4.78, 5) is 38.8. The maximum Gasteiger partial charge on any atom is 0.224 e. The highest BCUT2D eigenvalue weighted by atomic mass is 35.5. The van der Waals surface area contributed by atoms with E-state index in [1.165, 1.54) is 0 Å². The maximum absolute atomic E-state index is 12.1. The van der Waals surface area contributed by atoms with E-state index in [1.807, 2.05) is 0 Å². The van der Waals surface area contributed by atoms with Crippen LogP contribution in [0.25, 0.3) is 0 Å². The zero-order chi connectivity index (χ0) is 16.8. The number of nitrogens with two attached hydrogens (primary N) is 1.